The van der Waals surface area contributed by atoms with Crippen LogP contribution in [0.5, 0.6) is 0 Å². The molecule has 11 N–H and O–H groups in total. The van der Waals surface area contributed by atoms with E-state index in [4.69, 9.17) is 17.2 Å². The first-order chi connectivity index (χ1) is 15.3. The number of amides is 3. The number of nitrogens with zero attached hydrogens (tertiary/aromatic N) is 1. The van der Waals surface area contributed by atoms with Crippen LogP contribution in [0.15, 0.2) is 4.99 Å². The number of rotatable bonds is 15. The van der Waals surface area contributed by atoms with E-state index in [0.29, 0.717) is 6.42 Å². The van der Waals surface area contributed by atoms with E-state index >= 15 is 0 Å². The van der Waals surface area contributed by atoms with E-state index in [2.05, 4.69) is 33.6 Å². The molecule has 5 atom stereocenters. The van der Waals surface area contributed by atoms with Crippen LogP contribution >= 0.6 is 12.6 Å². The monoisotopic (exact) mass is 491 g/mol. The molecule has 0 aliphatic rings. The van der Waals surface area contributed by atoms with Gasteiger partial charge in [-0.25, -0.2) is 4.79 Å². The van der Waals surface area contributed by atoms with E-state index in [0.717, 1.165) is 0 Å². The molecular weight excluding hydrogens is 454 g/mol. The third-order valence-electron chi connectivity index (χ3n) is 4.54. The average Bonchev–Trinajstić information content (AvgIpc) is 2.71. The Hall–Kier alpha value is -2.58. The van der Waals surface area contributed by atoms with E-state index in [1.54, 1.807) is 0 Å². The molecule has 190 valence electrons. The molecule has 0 spiro atoms. The third kappa shape index (κ3) is 12.3. The predicted octanol–water partition coefficient (Wildman–Crippen LogP) is -2.74. The highest BCUT2D eigenvalue weighted by atomic mass is 32.1. The number of aliphatic imine (C=N–C) groups is 1. The summed E-state index contributed by atoms with van der Waals surface area (Å²) in [5.74, 6) is -3.63. The number of carboxylic acids is 1. The number of nitrogens with two attached hydrogens (primary N) is 3. The SMILES string of the molecule is CC(C)CC(NC(=O)C(CS)NC(=O)C(CCCN=C(N)N)NC(=O)C(N)C(C)O)C(=O)O. The van der Waals surface area contributed by atoms with Crippen LogP contribution < -0.4 is 33.2 Å². The van der Waals surface area contributed by atoms with Gasteiger partial charge in [0.05, 0.1) is 6.10 Å². The highest BCUT2D eigenvalue weighted by Gasteiger charge is 2.30. The zero-order valence-electron chi connectivity index (χ0n) is 19.2. The quantitative estimate of drug-likeness (QED) is 0.0499. The number of carboxylic acid groups (broad SMARTS) is 1. The molecule has 0 aliphatic heterocycles. The second kappa shape index (κ2) is 15.3. The lowest BCUT2D eigenvalue weighted by atomic mass is 10.0. The molecule has 0 aromatic carbocycles. The average molecular weight is 492 g/mol. The zero-order chi connectivity index (χ0) is 25.7. The van der Waals surface area contributed by atoms with Crippen LogP contribution in [0.2, 0.25) is 0 Å². The molecule has 0 saturated carbocycles. The van der Waals surface area contributed by atoms with Gasteiger partial charge < -0.3 is 43.4 Å². The Labute approximate surface area is 198 Å². The first-order valence-electron chi connectivity index (χ1n) is 10.5. The van der Waals surface area contributed by atoms with Gasteiger partial charge >= 0.3 is 5.97 Å². The molecule has 0 fully saturated rings. The molecular formula is C19H37N7O6S. The van der Waals surface area contributed by atoms with Crippen molar-refractivity contribution in [1.29, 1.82) is 0 Å². The van der Waals surface area contributed by atoms with Crippen molar-refractivity contribution in [3.8, 4) is 0 Å². The fourth-order valence-corrected chi connectivity index (χ4v) is 2.95. The molecule has 33 heavy (non-hydrogen) atoms. The molecule has 0 bridgehead atoms. The molecule has 0 aromatic heterocycles. The van der Waals surface area contributed by atoms with Gasteiger partial charge in [0.25, 0.3) is 0 Å². The Bertz CT molecular complexity index is 700. The number of hydrogen-bond donors (Lipinski definition) is 9. The maximum atomic E-state index is 12.8. The summed E-state index contributed by atoms with van der Waals surface area (Å²) in [7, 11) is 0. The smallest absolute Gasteiger partial charge is 0.326 e. The molecule has 0 aromatic rings. The number of carbonyl (C=O) groups excluding carboxylic acids is 3. The minimum atomic E-state index is -1.27. The van der Waals surface area contributed by atoms with Crippen molar-refractivity contribution in [3.05, 3.63) is 0 Å². The normalized spacial score (nSPS) is 15.5. The van der Waals surface area contributed by atoms with Crippen LogP contribution in [0.4, 0.5) is 0 Å². The van der Waals surface area contributed by atoms with E-state index in [-0.39, 0.29) is 37.0 Å². The Morgan fingerprint density at radius 2 is 1.45 bits per heavy atom. The van der Waals surface area contributed by atoms with Crippen LogP contribution in [-0.4, -0.2) is 82.4 Å². The van der Waals surface area contributed by atoms with Crippen LogP contribution in [0.3, 0.4) is 0 Å². The van der Waals surface area contributed by atoms with Gasteiger partial charge in [0.15, 0.2) is 5.96 Å². The molecule has 14 heteroatoms. The summed E-state index contributed by atoms with van der Waals surface area (Å²) in [6, 6.07) is -4.67. The number of nitrogens with one attached hydrogen (secondary N) is 3. The van der Waals surface area contributed by atoms with Crippen LogP contribution in [0.1, 0.15) is 40.0 Å². The second-order valence-corrected chi connectivity index (χ2v) is 8.41. The number of thiol groups is 1. The largest absolute Gasteiger partial charge is 0.480 e. The lowest BCUT2D eigenvalue weighted by Gasteiger charge is -2.25. The van der Waals surface area contributed by atoms with Gasteiger partial charge in [0, 0.05) is 12.3 Å². The van der Waals surface area contributed by atoms with Gasteiger partial charge in [-0.05, 0) is 32.1 Å². The minimum Gasteiger partial charge on any atom is -0.480 e. The second-order valence-electron chi connectivity index (χ2n) is 8.05. The molecule has 0 saturated heterocycles. The fraction of sp³-hybridized carbons (Fsp3) is 0.737. The van der Waals surface area contributed by atoms with E-state index in [9.17, 15) is 29.4 Å². The molecule has 0 aliphatic carbocycles. The summed E-state index contributed by atoms with van der Waals surface area (Å²) in [6.07, 6.45) is -0.532. The van der Waals surface area contributed by atoms with Crippen LogP contribution in [0.25, 0.3) is 0 Å². The van der Waals surface area contributed by atoms with Gasteiger partial charge in [0.1, 0.15) is 24.2 Å². The van der Waals surface area contributed by atoms with E-state index < -0.39 is 54.0 Å². The molecule has 0 radical (unpaired) electrons. The van der Waals surface area contributed by atoms with Crippen molar-refractivity contribution < 1.29 is 29.4 Å². The highest BCUT2D eigenvalue weighted by Crippen LogP contribution is 2.06. The summed E-state index contributed by atoms with van der Waals surface area (Å²) in [6.45, 7) is 5.15. The Morgan fingerprint density at radius 1 is 0.939 bits per heavy atom. The topological polar surface area (TPSA) is 235 Å². The van der Waals surface area contributed by atoms with E-state index in [1.165, 1.54) is 6.92 Å². The number of aliphatic hydroxyl groups excluding tert-OH is 1. The Kier molecular flexibility index (Phi) is 14.1. The van der Waals surface area contributed by atoms with Gasteiger partial charge in [0.2, 0.25) is 17.7 Å². The van der Waals surface area contributed by atoms with Crippen molar-refractivity contribution in [3.63, 3.8) is 0 Å². The summed E-state index contributed by atoms with van der Waals surface area (Å²) in [5, 5.41) is 26.1. The lowest BCUT2D eigenvalue weighted by Crippen LogP contribution is -2.58. The maximum Gasteiger partial charge on any atom is 0.326 e. The summed E-state index contributed by atoms with van der Waals surface area (Å²) in [5.41, 5.74) is 16.2. The zero-order valence-corrected chi connectivity index (χ0v) is 20.0. The molecule has 13 nitrogen and oxygen atoms in total. The highest BCUT2D eigenvalue weighted by molar-refractivity contribution is 7.80. The first kappa shape index (κ1) is 30.4. The molecule has 3 amide bonds. The van der Waals surface area contributed by atoms with E-state index in [1.807, 2.05) is 13.8 Å². The Balaban J connectivity index is 5.34. The van der Waals surface area contributed by atoms with Crippen LogP contribution in [0, 0.1) is 5.92 Å². The summed E-state index contributed by atoms with van der Waals surface area (Å²) < 4.78 is 0. The number of carbonyl (C=O) groups is 4. The lowest BCUT2D eigenvalue weighted by molar-refractivity contribution is -0.142. The fourth-order valence-electron chi connectivity index (χ4n) is 2.69. The van der Waals surface area contributed by atoms with Gasteiger partial charge in [-0.3, -0.25) is 19.4 Å². The van der Waals surface area contributed by atoms with Crippen molar-refractivity contribution in [2.75, 3.05) is 12.3 Å². The van der Waals surface area contributed by atoms with Crippen molar-refractivity contribution in [2.45, 2.75) is 70.3 Å². The molecule has 5 unspecified atom stereocenters. The van der Waals surface area contributed by atoms with Gasteiger partial charge in [-0.2, -0.15) is 12.6 Å². The third-order valence-corrected chi connectivity index (χ3v) is 4.90. The minimum absolute atomic E-state index is 0.0124. The first-order valence-corrected chi connectivity index (χ1v) is 11.2. The summed E-state index contributed by atoms with van der Waals surface area (Å²) in [4.78, 5) is 52.9. The van der Waals surface area contributed by atoms with Gasteiger partial charge in [-0.1, -0.05) is 13.8 Å². The number of aliphatic hydroxyl groups is 1. The summed E-state index contributed by atoms with van der Waals surface area (Å²) >= 11 is 4.07. The predicted molar refractivity (Wildman–Crippen MR) is 126 cm³/mol. The number of aliphatic carboxylic acids is 1. The maximum absolute atomic E-state index is 12.8. The van der Waals surface area contributed by atoms with Crippen molar-refractivity contribution in [1.82, 2.24) is 16.0 Å². The van der Waals surface area contributed by atoms with Crippen molar-refractivity contribution >= 4 is 42.3 Å². The standard InChI is InChI=1S/C19H37N7O6S/c1-9(2)7-12(18(31)32)25-16(29)13(8-33)26-15(28)11(5-4-6-23-19(21)22)24-17(30)14(20)10(3)27/h9-14,27,33H,4-8,20H2,1-3H3,(H,24,30)(H,25,29)(H,26,28)(H,31,32)(H4,21,22,23). The number of hydrogen-bond acceptors (Lipinski definition) is 8. The van der Waals surface area contributed by atoms with Crippen molar-refractivity contribution in [2.24, 2.45) is 28.1 Å². The van der Waals surface area contributed by atoms with Gasteiger partial charge in [-0.15, -0.1) is 0 Å². The van der Waals surface area contributed by atoms with Crippen LogP contribution in [-0.2, 0) is 19.2 Å². The number of guanidine groups is 1. The molecule has 0 heterocycles. The Morgan fingerprint density at radius 3 is 1.91 bits per heavy atom. The molecule has 0 rings (SSSR count).